The molecule has 1 fully saturated rings. The molecule has 0 bridgehead atoms. The highest BCUT2D eigenvalue weighted by Crippen LogP contribution is 2.25. The molecule has 0 aromatic heterocycles. The van der Waals surface area contributed by atoms with Gasteiger partial charge >= 0.3 is 0 Å². The second-order valence-electron chi connectivity index (χ2n) is 4.48. The van der Waals surface area contributed by atoms with E-state index in [1.165, 1.54) is 18.2 Å². The van der Waals surface area contributed by atoms with E-state index in [1.54, 1.807) is 0 Å². The molecule has 0 radical (unpaired) electrons. The number of nitrogens with one attached hydrogen (secondary N) is 1. The lowest BCUT2D eigenvalue weighted by molar-refractivity contribution is 0.0678. The SMILES string of the molecule is O=S(=O)(NCC1CCOCC1)c1ccc(Cl)c(Cl)c1. The lowest BCUT2D eigenvalue weighted by Crippen LogP contribution is -2.32. The zero-order valence-corrected chi connectivity index (χ0v) is 12.6. The first-order valence-corrected chi connectivity index (χ1v) is 8.25. The van der Waals surface area contributed by atoms with Gasteiger partial charge in [-0.2, -0.15) is 0 Å². The van der Waals surface area contributed by atoms with Crippen LogP contribution in [0, 0.1) is 5.92 Å². The second-order valence-corrected chi connectivity index (χ2v) is 7.06. The maximum atomic E-state index is 12.1. The fraction of sp³-hybridized carbons (Fsp3) is 0.500. The minimum absolute atomic E-state index is 0.133. The standard InChI is InChI=1S/C12H15Cl2NO3S/c13-11-2-1-10(7-12(11)14)19(16,17)15-8-9-3-5-18-6-4-9/h1-2,7,9,15H,3-6,8H2. The van der Waals surface area contributed by atoms with E-state index in [1.807, 2.05) is 0 Å². The van der Waals surface area contributed by atoms with Crippen LogP contribution >= 0.6 is 23.2 Å². The second kappa shape index (κ2) is 6.41. The zero-order chi connectivity index (χ0) is 13.9. The predicted octanol–water partition coefficient (Wildman–Crippen LogP) is 2.70. The third-order valence-electron chi connectivity index (χ3n) is 3.10. The molecule has 0 aliphatic carbocycles. The fourth-order valence-electron chi connectivity index (χ4n) is 1.91. The van der Waals surface area contributed by atoms with Gasteiger partial charge in [0.1, 0.15) is 0 Å². The van der Waals surface area contributed by atoms with Crippen LogP contribution < -0.4 is 4.72 Å². The Morgan fingerprint density at radius 3 is 2.53 bits per heavy atom. The molecule has 1 aromatic carbocycles. The Morgan fingerprint density at radius 2 is 1.89 bits per heavy atom. The first-order chi connectivity index (χ1) is 8.99. The highest BCUT2D eigenvalue weighted by molar-refractivity contribution is 7.89. The molecule has 0 atom stereocenters. The molecule has 1 aliphatic heterocycles. The first kappa shape index (κ1) is 15.1. The predicted molar refractivity (Wildman–Crippen MR) is 75.2 cm³/mol. The van der Waals surface area contributed by atoms with E-state index in [0.717, 1.165) is 12.8 Å². The summed E-state index contributed by atoms with van der Waals surface area (Å²) >= 11 is 11.6. The van der Waals surface area contributed by atoms with Gasteiger partial charge in [-0.25, -0.2) is 13.1 Å². The van der Waals surface area contributed by atoms with Gasteiger partial charge in [-0.05, 0) is 37.0 Å². The average Bonchev–Trinajstić information content (AvgIpc) is 2.41. The molecule has 0 amide bonds. The van der Waals surface area contributed by atoms with E-state index in [9.17, 15) is 8.42 Å². The minimum Gasteiger partial charge on any atom is -0.381 e. The van der Waals surface area contributed by atoms with E-state index >= 15 is 0 Å². The summed E-state index contributed by atoms with van der Waals surface area (Å²) in [6, 6.07) is 4.28. The molecule has 1 N–H and O–H groups in total. The molecule has 1 aromatic rings. The number of sulfonamides is 1. The minimum atomic E-state index is -3.53. The van der Waals surface area contributed by atoms with Gasteiger partial charge in [-0.3, -0.25) is 0 Å². The molecular formula is C12H15Cl2NO3S. The van der Waals surface area contributed by atoms with Crippen LogP contribution in [0.4, 0.5) is 0 Å². The van der Waals surface area contributed by atoms with Gasteiger partial charge < -0.3 is 4.74 Å². The quantitative estimate of drug-likeness (QED) is 0.926. The van der Waals surface area contributed by atoms with Crippen molar-refractivity contribution in [2.45, 2.75) is 17.7 Å². The van der Waals surface area contributed by atoms with E-state index in [4.69, 9.17) is 27.9 Å². The van der Waals surface area contributed by atoms with Crippen molar-refractivity contribution in [1.82, 2.24) is 4.72 Å². The largest absolute Gasteiger partial charge is 0.381 e. The van der Waals surface area contributed by atoms with Crippen LogP contribution in [0.2, 0.25) is 10.0 Å². The molecule has 4 nitrogen and oxygen atoms in total. The summed E-state index contributed by atoms with van der Waals surface area (Å²) in [5.41, 5.74) is 0. The maximum Gasteiger partial charge on any atom is 0.240 e. The van der Waals surface area contributed by atoms with Crippen LogP contribution in [-0.2, 0) is 14.8 Å². The third-order valence-corrected chi connectivity index (χ3v) is 5.26. The molecule has 0 spiro atoms. The van der Waals surface area contributed by atoms with Gasteiger partial charge in [-0.15, -0.1) is 0 Å². The van der Waals surface area contributed by atoms with E-state index in [2.05, 4.69) is 4.72 Å². The lowest BCUT2D eigenvalue weighted by Gasteiger charge is -2.22. The summed E-state index contributed by atoms with van der Waals surface area (Å²) in [6.07, 6.45) is 1.76. The third kappa shape index (κ3) is 4.07. The number of benzene rings is 1. The Labute approximate surface area is 123 Å². The number of ether oxygens (including phenoxy) is 1. The molecule has 7 heteroatoms. The summed E-state index contributed by atoms with van der Waals surface area (Å²) in [4.78, 5) is 0.133. The van der Waals surface area contributed by atoms with Crippen molar-refractivity contribution in [2.75, 3.05) is 19.8 Å². The molecule has 0 saturated carbocycles. The average molecular weight is 324 g/mol. The lowest BCUT2D eigenvalue weighted by atomic mass is 10.0. The van der Waals surface area contributed by atoms with Crippen molar-refractivity contribution >= 4 is 33.2 Å². The Kier molecular flexibility index (Phi) is 5.09. The maximum absolute atomic E-state index is 12.1. The van der Waals surface area contributed by atoms with E-state index < -0.39 is 10.0 Å². The molecule has 1 saturated heterocycles. The van der Waals surface area contributed by atoms with Gasteiger partial charge in [0.15, 0.2) is 0 Å². The summed E-state index contributed by atoms with van der Waals surface area (Å²) in [6.45, 7) is 1.81. The number of hydrogen-bond acceptors (Lipinski definition) is 3. The fourth-order valence-corrected chi connectivity index (χ4v) is 3.41. The molecule has 1 heterocycles. The molecular weight excluding hydrogens is 309 g/mol. The summed E-state index contributed by atoms with van der Waals surface area (Å²) in [5, 5.41) is 0.570. The van der Waals surface area contributed by atoms with Crippen molar-refractivity contribution < 1.29 is 13.2 Å². The first-order valence-electron chi connectivity index (χ1n) is 6.01. The van der Waals surface area contributed by atoms with Gasteiger partial charge in [0.05, 0.1) is 14.9 Å². The Hall–Kier alpha value is -0.330. The van der Waals surface area contributed by atoms with Crippen molar-refractivity contribution in [1.29, 1.82) is 0 Å². The van der Waals surface area contributed by atoms with Crippen molar-refractivity contribution in [3.63, 3.8) is 0 Å². The molecule has 0 unspecified atom stereocenters. The normalized spacial score (nSPS) is 17.6. The summed E-state index contributed by atoms with van der Waals surface area (Å²) < 4.78 is 32.0. The van der Waals surface area contributed by atoms with Crippen molar-refractivity contribution in [2.24, 2.45) is 5.92 Å². The van der Waals surface area contributed by atoms with Crippen molar-refractivity contribution in [3.05, 3.63) is 28.2 Å². The van der Waals surface area contributed by atoms with Crippen molar-refractivity contribution in [3.8, 4) is 0 Å². The van der Waals surface area contributed by atoms with Crippen LogP contribution in [0.5, 0.6) is 0 Å². The van der Waals surface area contributed by atoms with Gasteiger partial charge in [0.2, 0.25) is 10.0 Å². The molecule has 19 heavy (non-hydrogen) atoms. The molecule has 2 rings (SSSR count). The Bertz CT molecular complexity index is 542. The summed E-state index contributed by atoms with van der Waals surface area (Å²) in [5.74, 6) is 0.325. The number of hydrogen-bond donors (Lipinski definition) is 1. The van der Waals surface area contributed by atoms with Crippen LogP contribution in [0.15, 0.2) is 23.1 Å². The van der Waals surface area contributed by atoms with Crippen LogP contribution in [-0.4, -0.2) is 28.2 Å². The highest BCUT2D eigenvalue weighted by atomic mass is 35.5. The summed E-state index contributed by atoms with van der Waals surface area (Å²) in [7, 11) is -3.53. The topological polar surface area (TPSA) is 55.4 Å². The monoisotopic (exact) mass is 323 g/mol. The highest BCUT2D eigenvalue weighted by Gasteiger charge is 2.19. The molecule has 1 aliphatic rings. The van der Waals surface area contributed by atoms with Crippen LogP contribution in [0.1, 0.15) is 12.8 Å². The van der Waals surface area contributed by atoms with E-state index in [0.29, 0.717) is 30.7 Å². The van der Waals surface area contributed by atoms with Gasteiger partial charge in [0, 0.05) is 19.8 Å². The van der Waals surface area contributed by atoms with Gasteiger partial charge in [0.25, 0.3) is 0 Å². The van der Waals surface area contributed by atoms with Crippen LogP contribution in [0.3, 0.4) is 0 Å². The number of halogens is 2. The number of rotatable bonds is 4. The van der Waals surface area contributed by atoms with Crippen LogP contribution in [0.25, 0.3) is 0 Å². The van der Waals surface area contributed by atoms with E-state index in [-0.39, 0.29) is 9.92 Å². The zero-order valence-electron chi connectivity index (χ0n) is 10.2. The smallest absolute Gasteiger partial charge is 0.240 e. The Morgan fingerprint density at radius 1 is 1.21 bits per heavy atom. The molecule has 106 valence electrons. The van der Waals surface area contributed by atoms with Gasteiger partial charge in [-0.1, -0.05) is 23.2 Å². The Balaban J connectivity index is 2.02.